The number of rotatable bonds is 13. The average molecular weight is 326 g/mol. The molecule has 0 saturated carbocycles. The number of unbranched alkanes of at least 4 members (excludes halogenated alkanes) is 7. The molecular formula is C19H34O4. The Labute approximate surface area is 141 Å². The van der Waals surface area contributed by atoms with E-state index in [1.807, 2.05) is 0 Å². The van der Waals surface area contributed by atoms with Gasteiger partial charge in [0.1, 0.15) is 0 Å². The minimum atomic E-state index is -0.396. The van der Waals surface area contributed by atoms with Gasteiger partial charge in [0.2, 0.25) is 0 Å². The number of ether oxygens (including phenoxy) is 2. The maximum atomic E-state index is 12.1. The van der Waals surface area contributed by atoms with E-state index in [-0.39, 0.29) is 0 Å². The van der Waals surface area contributed by atoms with Gasteiger partial charge in [-0.15, -0.1) is 0 Å². The quantitative estimate of drug-likeness (QED) is 0.273. The van der Waals surface area contributed by atoms with Gasteiger partial charge in [0.25, 0.3) is 0 Å². The zero-order valence-corrected chi connectivity index (χ0v) is 15.4. The smallest absolute Gasteiger partial charge is 0.334 e. The molecule has 0 atom stereocenters. The van der Waals surface area contributed by atoms with Crippen LogP contribution in [-0.2, 0) is 19.1 Å². The molecule has 0 aromatic heterocycles. The van der Waals surface area contributed by atoms with Crippen molar-refractivity contribution in [1.29, 1.82) is 0 Å². The Hall–Kier alpha value is -1.32. The van der Waals surface area contributed by atoms with Crippen molar-refractivity contribution < 1.29 is 19.1 Å². The molecule has 4 heteroatoms. The van der Waals surface area contributed by atoms with E-state index in [1.165, 1.54) is 39.9 Å². The summed E-state index contributed by atoms with van der Waals surface area (Å²) in [6.07, 6.45) is 11.0. The van der Waals surface area contributed by atoms with Crippen molar-refractivity contribution in [1.82, 2.24) is 0 Å². The molecule has 0 radical (unpaired) electrons. The predicted octanol–water partition coefficient (Wildman–Crippen LogP) is 4.96. The lowest BCUT2D eigenvalue weighted by atomic mass is 9.96. The standard InChI is InChI=1S/C19H34O4/c1-5-7-9-10-11-13-15-17(19(21)23-4)16(18(20)22-3)14-12-8-6-2/h5-15H2,1-4H3. The summed E-state index contributed by atoms with van der Waals surface area (Å²) in [5, 5.41) is 0. The normalized spacial score (nSPS) is 11.8. The fourth-order valence-electron chi connectivity index (χ4n) is 2.63. The Morgan fingerprint density at radius 2 is 0.957 bits per heavy atom. The van der Waals surface area contributed by atoms with Crippen LogP contribution in [0.1, 0.15) is 84.5 Å². The van der Waals surface area contributed by atoms with Crippen LogP contribution < -0.4 is 0 Å². The number of carbonyl (C=O) groups is 2. The van der Waals surface area contributed by atoms with Gasteiger partial charge in [-0.1, -0.05) is 58.8 Å². The number of carbonyl (C=O) groups excluding carboxylic acids is 2. The first kappa shape index (κ1) is 21.7. The first-order valence-corrected chi connectivity index (χ1v) is 9.00. The van der Waals surface area contributed by atoms with Crippen LogP contribution >= 0.6 is 0 Å². The monoisotopic (exact) mass is 326 g/mol. The van der Waals surface area contributed by atoms with Crippen molar-refractivity contribution in [2.24, 2.45) is 0 Å². The van der Waals surface area contributed by atoms with Crippen molar-refractivity contribution in [3.63, 3.8) is 0 Å². The summed E-state index contributed by atoms with van der Waals surface area (Å²) in [5.41, 5.74) is 1.01. The predicted molar refractivity (Wildman–Crippen MR) is 93.2 cm³/mol. The summed E-state index contributed by atoms with van der Waals surface area (Å²) in [5.74, 6) is -0.789. The van der Waals surface area contributed by atoms with Gasteiger partial charge in [-0.25, -0.2) is 9.59 Å². The summed E-state index contributed by atoms with van der Waals surface area (Å²) in [6.45, 7) is 4.30. The number of hydrogen-bond donors (Lipinski definition) is 0. The van der Waals surface area contributed by atoms with Gasteiger partial charge in [-0.2, -0.15) is 0 Å². The maximum absolute atomic E-state index is 12.1. The topological polar surface area (TPSA) is 52.6 Å². The molecule has 134 valence electrons. The van der Waals surface area contributed by atoms with Crippen LogP contribution in [0.3, 0.4) is 0 Å². The van der Waals surface area contributed by atoms with Gasteiger partial charge in [0.15, 0.2) is 0 Å². The van der Waals surface area contributed by atoms with Gasteiger partial charge in [0.05, 0.1) is 14.2 Å². The second kappa shape index (κ2) is 14.3. The molecule has 0 amide bonds. The van der Waals surface area contributed by atoms with Crippen LogP contribution in [0, 0.1) is 0 Å². The zero-order valence-electron chi connectivity index (χ0n) is 15.4. The molecule has 0 N–H and O–H groups in total. The highest BCUT2D eigenvalue weighted by Crippen LogP contribution is 2.22. The summed E-state index contributed by atoms with van der Waals surface area (Å²) in [6, 6.07) is 0. The molecular weight excluding hydrogens is 292 g/mol. The van der Waals surface area contributed by atoms with Crippen molar-refractivity contribution in [2.45, 2.75) is 84.5 Å². The molecule has 0 saturated heterocycles. The molecule has 0 aliphatic rings. The van der Waals surface area contributed by atoms with Crippen molar-refractivity contribution in [3.05, 3.63) is 11.1 Å². The molecule has 0 rings (SSSR count). The SMILES string of the molecule is CCCCCCCCC(C(=O)OC)=C(CCCCC)C(=O)OC. The molecule has 0 aliphatic heterocycles. The van der Waals surface area contributed by atoms with Crippen LogP contribution in [-0.4, -0.2) is 26.2 Å². The fraction of sp³-hybridized carbons (Fsp3) is 0.789. The molecule has 0 unspecified atom stereocenters. The largest absolute Gasteiger partial charge is 0.466 e. The minimum absolute atomic E-state index is 0.393. The van der Waals surface area contributed by atoms with Crippen LogP contribution in [0.5, 0.6) is 0 Å². The molecule has 0 bridgehead atoms. The van der Waals surface area contributed by atoms with E-state index in [2.05, 4.69) is 13.8 Å². The molecule has 0 aromatic rings. The van der Waals surface area contributed by atoms with Gasteiger partial charge in [-0.3, -0.25) is 0 Å². The lowest BCUT2D eigenvalue weighted by molar-refractivity contribution is -0.139. The molecule has 0 heterocycles. The molecule has 0 aliphatic carbocycles. The summed E-state index contributed by atoms with van der Waals surface area (Å²) in [7, 11) is 2.73. The lowest BCUT2D eigenvalue weighted by Crippen LogP contribution is -2.15. The Bertz CT molecular complexity index is 372. The van der Waals surface area contributed by atoms with Crippen LogP contribution in [0.25, 0.3) is 0 Å². The van der Waals surface area contributed by atoms with Gasteiger partial charge in [0, 0.05) is 11.1 Å². The van der Waals surface area contributed by atoms with E-state index >= 15 is 0 Å². The van der Waals surface area contributed by atoms with E-state index in [4.69, 9.17) is 9.47 Å². The van der Waals surface area contributed by atoms with E-state index in [0.29, 0.717) is 24.0 Å². The minimum Gasteiger partial charge on any atom is -0.466 e. The van der Waals surface area contributed by atoms with Gasteiger partial charge in [-0.05, 0) is 25.7 Å². The second-order valence-electron chi connectivity index (χ2n) is 5.92. The van der Waals surface area contributed by atoms with Crippen LogP contribution in [0.4, 0.5) is 0 Å². The van der Waals surface area contributed by atoms with Crippen molar-refractivity contribution in [3.8, 4) is 0 Å². The number of esters is 2. The number of hydrogen-bond acceptors (Lipinski definition) is 4. The summed E-state index contributed by atoms with van der Waals surface area (Å²) >= 11 is 0. The Morgan fingerprint density at radius 1 is 0.609 bits per heavy atom. The first-order chi connectivity index (χ1) is 11.1. The van der Waals surface area contributed by atoms with Gasteiger partial charge >= 0.3 is 11.9 Å². The fourth-order valence-corrected chi connectivity index (χ4v) is 2.63. The third-order valence-electron chi connectivity index (χ3n) is 4.04. The second-order valence-corrected chi connectivity index (χ2v) is 5.92. The first-order valence-electron chi connectivity index (χ1n) is 9.00. The molecule has 0 fully saturated rings. The van der Waals surface area contributed by atoms with E-state index < -0.39 is 11.9 Å². The van der Waals surface area contributed by atoms with Crippen LogP contribution in [0.2, 0.25) is 0 Å². The number of methoxy groups -OCH3 is 2. The highest BCUT2D eigenvalue weighted by atomic mass is 16.5. The summed E-state index contributed by atoms with van der Waals surface area (Å²) in [4.78, 5) is 24.1. The van der Waals surface area contributed by atoms with E-state index in [1.54, 1.807) is 0 Å². The third-order valence-corrected chi connectivity index (χ3v) is 4.04. The lowest BCUT2D eigenvalue weighted by Gasteiger charge is -2.12. The van der Waals surface area contributed by atoms with E-state index in [9.17, 15) is 9.59 Å². The molecule has 0 aromatic carbocycles. The maximum Gasteiger partial charge on any atom is 0.334 e. The Morgan fingerprint density at radius 3 is 1.39 bits per heavy atom. The summed E-state index contributed by atoms with van der Waals surface area (Å²) < 4.78 is 9.76. The highest BCUT2D eigenvalue weighted by molar-refractivity contribution is 6.00. The zero-order chi connectivity index (χ0) is 17.5. The Balaban J connectivity index is 4.86. The van der Waals surface area contributed by atoms with E-state index in [0.717, 1.165) is 32.1 Å². The highest BCUT2D eigenvalue weighted by Gasteiger charge is 2.21. The Kier molecular flexibility index (Phi) is 13.5. The molecule has 4 nitrogen and oxygen atoms in total. The van der Waals surface area contributed by atoms with Crippen molar-refractivity contribution >= 4 is 11.9 Å². The van der Waals surface area contributed by atoms with Gasteiger partial charge < -0.3 is 9.47 Å². The third kappa shape index (κ3) is 9.42. The molecule has 23 heavy (non-hydrogen) atoms. The van der Waals surface area contributed by atoms with Crippen LogP contribution in [0.15, 0.2) is 11.1 Å². The molecule has 0 spiro atoms. The average Bonchev–Trinajstić information content (AvgIpc) is 2.57. The van der Waals surface area contributed by atoms with Crippen molar-refractivity contribution in [2.75, 3.05) is 14.2 Å².